The molecule has 0 saturated carbocycles. The maximum absolute atomic E-state index is 12.3. The van der Waals surface area contributed by atoms with Gasteiger partial charge in [-0.05, 0) is 6.92 Å². The van der Waals surface area contributed by atoms with Gasteiger partial charge in [-0.2, -0.15) is 0 Å². The highest BCUT2D eigenvalue weighted by molar-refractivity contribution is 6.39. The summed E-state index contributed by atoms with van der Waals surface area (Å²) in [6.07, 6.45) is 4.50. The van der Waals surface area contributed by atoms with Gasteiger partial charge in [0.25, 0.3) is 5.91 Å². The van der Waals surface area contributed by atoms with E-state index in [1.54, 1.807) is 31.4 Å². The van der Waals surface area contributed by atoms with Gasteiger partial charge in [0, 0.05) is 46.2 Å². The van der Waals surface area contributed by atoms with Crippen LogP contribution < -0.4 is 5.32 Å². The molecule has 2 aliphatic rings. The largest absolute Gasteiger partial charge is 0.387 e. The van der Waals surface area contributed by atoms with E-state index in [9.17, 15) is 9.59 Å². The number of oxime groups is 1. The Hall–Kier alpha value is -2.55. The van der Waals surface area contributed by atoms with Crippen molar-refractivity contribution in [3.63, 3.8) is 0 Å². The lowest BCUT2D eigenvalue weighted by atomic mass is 9.96. The molecule has 2 aliphatic heterocycles. The highest BCUT2D eigenvalue weighted by atomic mass is 16.7. The van der Waals surface area contributed by atoms with Crippen LogP contribution in [0.3, 0.4) is 0 Å². The van der Waals surface area contributed by atoms with Crippen LogP contribution in [0.4, 0.5) is 0 Å². The van der Waals surface area contributed by atoms with E-state index in [0.717, 1.165) is 18.7 Å². The maximum Gasteiger partial charge on any atom is 0.269 e. The number of nitrogens with zero attached hydrogens (tertiary/aromatic N) is 5. The van der Waals surface area contributed by atoms with Crippen molar-refractivity contribution in [3.8, 4) is 0 Å². The van der Waals surface area contributed by atoms with Crippen LogP contribution in [-0.4, -0.2) is 76.6 Å². The maximum atomic E-state index is 12.3. The fraction of sp³-hybridized carbons (Fsp3) is 0.588. The average Bonchev–Trinajstić information content (AvgIpc) is 3.21. The van der Waals surface area contributed by atoms with Crippen LogP contribution in [0.15, 0.2) is 17.5 Å². The van der Waals surface area contributed by atoms with Crippen LogP contribution in [0.5, 0.6) is 0 Å². The van der Waals surface area contributed by atoms with Gasteiger partial charge in [-0.25, -0.2) is 0 Å². The van der Waals surface area contributed by atoms with Crippen LogP contribution in [0.25, 0.3) is 0 Å². The Morgan fingerprint density at radius 3 is 2.85 bits per heavy atom. The number of aromatic nitrogens is 2. The predicted molar refractivity (Wildman–Crippen MR) is 94.2 cm³/mol. The van der Waals surface area contributed by atoms with Crippen molar-refractivity contribution in [2.75, 3.05) is 33.7 Å². The molecule has 1 aromatic heterocycles. The lowest BCUT2D eigenvalue weighted by Gasteiger charge is -2.22. The molecule has 1 spiro atoms. The molecule has 9 heteroatoms. The van der Waals surface area contributed by atoms with E-state index in [1.165, 1.54) is 0 Å². The number of carbonyl (C=O) groups is 2. The number of aryl methyl sites for hydroxylation is 1. The summed E-state index contributed by atoms with van der Waals surface area (Å²) >= 11 is 0. The van der Waals surface area contributed by atoms with Crippen LogP contribution in [0.1, 0.15) is 24.2 Å². The second kappa shape index (κ2) is 7.36. The molecule has 1 saturated heterocycles. The number of hydrogen-bond acceptors (Lipinski definition) is 7. The number of carbonyl (C=O) groups excluding carboxylic acids is 2. The molecule has 1 atom stereocenters. The van der Waals surface area contributed by atoms with Crippen molar-refractivity contribution in [2.24, 2.45) is 5.16 Å². The Bertz CT molecular complexity index is 718. The summed E-state index contributed by atoms with van der Waals surface area (Å²) in [5.74, 6) is -0.204. The first-order chi connectivity index (χ1) is 12.4. The SMILES string of the molecule is Cc1cnc(CNC(=O)C2=NOC3(CCN(CC(=O)N(C)C)C3)C2)cn1. The quantitative estimate of drug-likeness (QED) is 0.775. The van der Waals surface area contributed by atoms with E-state index in [4.69, 9.17) is 4.84 Å². The molecule has 140 valence electrons. The van der Waals surface area contributed by atoms with E-state index in [2.05, 4.69) is 20.4 Å². The molecular weight excluding hydrogens is 336 g/mol. The monoisotopic (exact) mass is 360 g/mol. The first-order valence-corrected chi connectivity index (χ1v) is 8.60. The van der Waals surface area contributed by atoms with Gasteiger partial charge in [-0.15, -0.1) is 0 Å². The smallest absolute Gasteiger partial charge is 0.269 e. The highest BCUT2D eigenvalue weighted by Crippen LogP contribution is 2.33. The van der Waals surface area contributed by atoms with Crippen molar-refractivity contribution in [1.29, 1.82) is 0 Å². The average molecular weight is 360 g/mol. The second-order valence-corrected chi connectivity index (χ2v) is 7.07. The lowest BCUT2D eigenvalue weighted by Crippen LogP contribution is -2.40. The molecule has 0 bridgehead atoms. The van der Waals surface area contributed by atoms with Gasteiger partial charge in [0.1, 0.15) is 5.71 Å². The molecule has 2 amide bonds. The van der Waals surface area contributed by atoms with E-state index in [0.29, 0.717) is 37.5 Å². The minimum Gasteiger partial charge on any atom is -0.387 e. The first kappa shape index (κ1) is 18.2. The zero-order valence-corrected chi connectivity index (χ0v) is 15.4. The fourth-order valence-electron chi connectivity index (χ4n) is 3.04. The molecule has 0 aromatic carbocycles. The summed E-state index contributed by atoms with van der Waals surface area (Å²) in [7, 11) is 3.48. The summed E-state index contributed by atoms with van der Waals surface area (Å²) in [4.78, 5) is 41.8. The van der Waals surface area contributed by atoms with Gasteiger partial charge >= 0.3 is 0 Å². The minimum atomic E-state index is -0.497. The normalized spacial score (nSPS) is 22.2. The van der Waals surface area contributed by atoms with Gasteiger partial charge in [-0.3, -0.25) is 24.5 Å². The fourth-order valence-corrected chi connectivity index (χ4v) is 3.04. The van der Waals surface area contributed by atoms with Gasteiger partial charge < -0.3 is 15.1 Å². The highest BCUT2D eigenvalue weighted by Gasteiger charge is 2.46. The summed E-state index contributed by atoms with van der Waals surface area (Å²) in [6.45, 7) is 3.85. The van der Waals surface area contributed by atoms with Gasteiger partial charge in [0.2, 0.25) is 5.91 Å². The molecule has 26 heavy (non-hydrogen) atoms. The van der Waals surface area contributed by atoms with Crippen molar-refractivity contribution in [2.45, 2.75) is 31.9 Å². The number of likely N-dealkylation sites (N-methyl/N-ethyl adjacent to an activating group) is 1. The molecule has 1 aromatic rings. The Morgan fingerprint density at radius 1 is 1.35 bits per heavy atom. The van der Waals surface area contributed by atoms with E-state index in [1.807, 2.05) is 11.8 Å². The predicted octanol–water partition coefficient (Wildman–Crippen LogP) is -0.290. The first-order valence-electron chi connectivity index (χ1n) is 8.60. The summed E-state index contributed by atoms with van der Waals surface area (Å²) in [5, 5.41) is 6.79. The second-order valence-electron chi connectivity index (χ2n) is 7.07. The Kier molecular flexibility index (Phi) is 5.17. The number of amides is 2. The third kappa shape index (κ3) is 4.16. The standard InChI is InChI=1S/C17H24N6O3/c1-12-7-19-13(8-18-12)9-20-16(25)14-6-17(26-21-14)4-5-23(11-17)10-15(24)22(2)3/h7-8H,4-6,9-11H2,1-3H3,(H,20,25). The third-order valence-corrected chi connectivity index (χ3v) is 4.62. The molecule has 1 N–H and O–H groups in total. The zero-order valence-electron chi connectivity index (χ0n) is 15.4. The van der Waals surface area contributed by atoms with Crippen LogP contribution in [0, 0.1) is 6.92 Å². The molecule has 0 radical (unpaired) electrons. The van der Waals surface area contributed by atoms with E-state index in [-0.39, 0.29) is 11.8 Å². The number of rotatable bonds is 5. The van der Waals surface area contributed by atoms with Crippen molar-refractivity contribution in [1.82, 2.24) is 25.1 Å². The number of hydrogen-bond donors (Lipinski definition) is 1. The number of likely N-dealkylation sites (tertiary alicyclic amines) is 1. The zero-order chi connectivity index (χ0) is 18.7. The van der Waals surface area contributed by atoms with E-state index >= 15 is 0 Å². The summed E-state index contributed by atoms with van der Waals surface area (Å²) in [5.41, 5.74) is 1.40. The Morgan fingerprint density at radius 2 is 2.15 bits per heavy atom. The molecule has 1 fully saturated rings. The molecular formula is C17H24N6O3. The summed E-state index contributed by atoms with van der Waals surface area (Å²) < 4.78 is 0. The molecule has 1 unspecified atom stereocenters. The van der Waals surface area contributed by atoms with Gasteiger partial charge in [0.05, 0.1) is 30.7 Å². The van der Waals surface area contributed by atoms with Crippen LogP contribution >= 0.6 is 0 Å². The van der Waals surface area contributed by atoms with Crippen molar-refractivity contribution < 1.29 is 14.4 Å². The molecule has 3 rings (SSSR count). The molecule has 0 aliphatic carbocycles. The van der Waals surface area contributed by atoms with Crippen molar-refractivity contribution in [3.05, 3.63) is 23.8 Å². The van der Waals surface area contributed by atoms with Crippen LogP contribution in [0.2, 0.25) is 0 Å². The minimum absolute atomic E-state index is 0.0538. The van der Waals surface area contributed by atoms with Crippen molar-refractivity contribution >= 4 is 17.5 Å². The van der Waals surface area contributed by atoms with Gasteiger partial charge in [-0.1, -0.05) is 5.16 Å². The number of nitrogens with one attached hydrogen (secondary N) is 1. The Balaban J connectivity index is 1.49. The third-order valence-electron chi connectivity index (χ3n) is 4.62. The lowest BCUT2D eigenvalue weighted by molar-refractivity contribution is -0.129. The topological polar surface area (TPSA) is 100 Å². The molecule has 9 nitrogen and oxygen atoms in total. The Labute approximate surface area is 152 Å². The van der Waals surface area contributed by atoms with Gasteiger partial charge in [0.15, 0.2) is 5.60 Å². The van der Waals surface area contributed by atoms with Crippen LogP contribution in [-0.2, 0) is 21.0 Å². The summed E-state index contributed by atoms with van der Waals surface area (Å²) in [6, 6.07) is 0. The molecule has 3 heterocycles. The van der Waals surface area contributed by atoms with E-state index < -0.39 is 5.60 Å².